The lowest BCUT2D eigenvalue weighted by molar-refractivity contribution is 0.429. The molecule has 0 aliphatic heterocycles. The Hall–Kier alpha value is -4.03. The molecule has 3 aromatic carbocycles. The van der Waals surface area contributed by atoms with Gasteiger partial charge in [0, 0.05) is 19.7 Å². The Morgan fingerprint density at radius 2 is 1.76 bits per heavy atom. The van der Waals surface area contributed by atoms with Crippen LogP contribution < -0.4 is 5.69 Å². The summed E-state index contributed by atoms with van der Waals surface area (Å²) < 4.78 is 55.9. The highest BCUT2D eigenvalue weighted by molar-refractivity contribution is 7.89. The van der Waals surface area contributed by atoms with Gasteiger partial charge in [-0.25, -0.2) is 31.7 Å². The normalized spacial score (nSPS) is 11.8. The zero-order valence-corrected chi connectivity index (χ0v) is 18.4. The van der Waals surface area contributed by atoms with Crippen LogP contribution in [0.1, 0.15) is 5.56 Å². The highest BCUT2D eigenvalue weighted by Gasteiger charge is 2.28. The minimum absolute atomic E-state index is 0.184. The smallest absolute Gasteiger partial charge is 0.348 e. The summed E-state index contributed by atoms with van der Waals surface area (Å²) in [6.07, 6.45) is 0. The van der Waals surface area contributed by atoms with E-state index in [1.807, 2.05) is 0 Å². The van der Waals surface area contributed by atoms with Crippen LogP contribution in [0.4, 0.5) is 8.78 Å². The van der Waals surface area contributed by atoms with Crippen LogP contribution >= 0.6 is 0 Å². The first-order chi connectivity index (χ1) is 16.1. The fourth-order valence-corrected chi connectivity index (χ4v) is 4.67. The van der Waals surface area contributed by atoms with Gasteiger partial charge >= 0.3 is 5.69 Å². The summed E-state index contributed by atoms with van der Waals surface area (Å²) in [5.74, 6) is -2.93. The molecular weight excluding hydrogens is 470 g/mol. The zero-order valence-electron chi connectivity index (χ0n) is 17.6. The lowest BCUT2D eigenvalue weighted by Gasteiger charge is -2.19. The van der Waals surface area contributed by atoms with Crippen LogP contribution in [0.15, 0.2) is 70.4 Å². The van der Waals surface area contributed by atoms with E-state index in [1.54, 1.807) is 0 Å². The van der Waals surface area contributed by atoms with Gasteiger partial charge in [-0.2, -0.15) is 9.40 Å². The van der Waals surface area contributed by atoms with Gasteiger partial charge in [0.2, 0.25) is 10.0 Å². The van der Waals surface area contributed by atoms with Crippen LogP contribution in [0, 0.1) is 11.6 Å². The maximum atomic E-state index is 14.4. The van der Waals surface area contributed by atoms with Crippen LogP contribution in [0.3, 0.4) is 0 Å². The standard InChI is InChI=1S/C22H18F2N4O5S/c1-27(12-13-5-4-6-14(23)9-13)34(32,33)20-10-15(18(29)11-19(20)30)21-25-26-22(31)28(21)17-8-3-2-7-16(17)24/h2-11,29-30H,12H2,1H3,(H,26,31). The third-order valence-corrected chi connectivity index (χ3v) is 6.90. The molecule has 0 amide bonds. The molecule has 1 aromatic heterocycles. The second-order valence-corrected chi connectivity index (χ2v) is 9.38. The third kappa shape index (κ3) is 4.16. The fourth-order valence-electron chi connectivity index (χ4n) is 3.42. The van der Waals surface area contributed by atoms with Gasteiger partial charge in [-0.15, -0.1) is 0 Å². The Bertz CT molecular complexity index is 1550. The van der Waals surface area contributed by atoms with Gasteiger partial charge in [-0.1, -0.05) is 24.3 Å². The molecular formula is C22H18F2N4O5S. The second kappa shape index (κ2) is 8.72. The molecule has 0 saturated carbocycles. The van der Waals surface area contributed by atoms with Crippen molar-refractivity contribution in [2.24, 2.45) is 0 Å². The number of aromatic amines is 1. The number of benzene rings is 3. The molecule has 0 saturated heterocycles. The van der Waals surface area contributed by atoms with Gasteiger partial charge < -0.3 is 10.2 Å². The Morgan fingerprint density at radius 1 is 1.03 bits per heavy atom. The topological polar surface area (TPSA) is 129 Å². The van der Waals surface area contributed by atoms with Crippen molar-refractivity contribution in [2.45, 2.75) is 11.4 Å². The van der Waals surface area contributed by atoms with Crippen molar-refractivity contribution in [3.05, 3.63) is 88.3 Å². The molecule has 176 valence electrons. The number of rotatable bonds is 6. The number of halogens is 2. The number of nitrogens with zero attached hydrogens (tertiary/aromatic N) is 3. The molecule has 0 fully saturated rings. The predicted molar refractivity (Wildman–Crippen MR) is 118 cm³/mol. The molecule has 34 heavy (non-hydrogen) atoms. The highest BCUT2D eigenvalue weighted by atomic mass is 32.2. The van der Waals surface area contributed by atoms with Crippen LogP contribution in [0.5, 0.6) is 11.5 Å². The van der Waals surface area contributed by atoms with Crippen molar-refractivity contribution >= 4 is 10.0 Å². The molecule has 3 N–H and O–H groups in total. The Morgan fingerprint density at radius 3 is 2.47 bits per heavy atom. The van der Waals surface area contributed by atoms with Gasteiger partial charge in [0.05, 0.1) is 11.3 Å². The molecule has 4 aromatic rings. The number of H-pyrrole nitrogens is 1. The number of phenols is 2. The first-order valence-electron chi connectivity index (χ1n) is 9.79. The Labute approximate surface area is 192 Å². The molecule has 12 heteroatoms. The number of hydrogen-bond acceptors (Lipinski definition) is 6. The molecule has 1 heterocycles. The highest BCUT2D eigenvalue weighted by Crippen LogP contribution is 2.37. The van der Waals surface area contributed by atoms with Crippen LogP contribution in [0.25, 0.3) is 17.1 Å². The summed E-state index contributed by atoms with van der Waals surface area (Å²) in [6.45, 7) is -0.210. The monoisotopic (exact) mass is 488 g/mol. The van der Waals surface area contributed by atoms with E-state index in [0.29, 0.717) is 5.56 Å². The van der Waals surface area contributed by atoms with Gasteiger partial charge in [0.1, 0.15) is 28.0 Å². The van der Waals surface area contributed by atoms with Gasteiger partial charge in [0.15, 0.2) is 5.82 Å². The number of phenolic OH excluding ortho intramolecular Hbond substituents is 2. The maximum absolute atomic E-state index is 14.4. The number of para-hydroxylation sites is 1. The van der Waals surface area contributed by atoms with Crippen LogP contribution in [-0.4, -0.2) is 44.7 Å². The third-order valence-electron chi connectivity index (χ3n) is 5.07. The molecule has 0 spiro atoms. The van der Waals surface area contributed by atoms with Crippen molar-refractivity contribution in [3.63, 3.8) is 0 Å². The average molecular weight is 488 g/mol. The molecule has 0 radical (unpaired) electrons. The second-order valence-electron chi connectivity index (χ2n) is 7.37. The maximum Gasteiger partial charge on any atom is 0.348 e. The first-order valence-corrected chi connectivity index (χ1v) is 11.2. The van der Waals surface area contributed by atoms with Crippen molar-refractivity contribution in [2.75, 3.05) is 7.05 Å². The minimum atomic E-state index is -4.36. The van der Waals surface area contributed by atoms with E-state index in [2.05, 4.69) is 10.2 Å². The number of aromatic nitrogens is 3. The molecule has 9 nitrogen and oxygen atoms in total. The lowest BCUT2D eigenvalue weighted by Crippen LogP contribution is -2.26. The van der Waals surface area contributed by atoms with Gasteiger partial charge in [0.25, 0.3) is 0 Å². The summed E-state index contributed by atoms with van der Waals surface area (Å²) in [7, 11) is -3.12. The predicted octanol–water partition coefficient (Wildman–Crippen LogP) is 2.74. The van der Waals surface area contributed by atoms with Gasteiger partial charge in [-0.3, -0.25) is 0 Å². The largest absolute Gasteiger partial charge is 0.507 e. The average Bonchev–Trinajstić information content (AvgIpc) is 3.15. The van der Waals surface area contributed by atoms with Crippen molar-refractivity contribution in [1.82, 2.24) is 19.1 Å². The van der Waals surface area contributed by atoms with Crippen molar-refractivity contribution in [1.29, 1.82) is 0 Å². The fraction of sp³-hybridized carbons (Fsp3) is 0.0909. The lowest BCUT2D eigenvalue weighted by atomic mass is 10.1. The summed E-state index contributed by atoms with van der Waals surface area (Å²) in [5.41, 5.74) is -0.904. The summed E-state index contributed by atoms with van der Waals surface area (Å²) in [6, 6.07) is 12.4. The Kier molecular flexibility index (Phi) is 5.94. The molecule has 0 atom stereocenters. The zero-order chi connectivity index (χ0) is 24.6. The molecule has 4 rings (SSSR count). The van der Waals surface area contributed by atoms with Crippen molar-refractivity contribution < 1.29 is 27.4 Å². The summed E-state index contributed by atoms with van der Waals surface area (Å²) in [4.78, 5) is 11.8. The molecule has 0 unspecified atom stereocenters. The van der Waals surface area contributed by atoms with Gasteiger partial charge in [-0.05, 0) is 35.9 Å². The SMILES string of the molecule is CN(Cc1cccc(F)c1)S(=O)(=O)c1cc(-c2n[nH]c(=O)n2-c2ccccc2F)c(O)cc1O. The number of hydrogen-bond donors (Lipinski definition) is 3. The first kappa shape index (κ1) is 23.1. The van der Waals surface area contributed by atoms with E-state index < -0.39 is 43.7 Å². The molecule has 0 aliphatic rings. The van der Waals surface area contributed by atoms with E-state index in [4.69, 9.17) is 0 Å². The summed E-state index contributed by atoms with van der Waals surface area (Å²) >= 11 is 0. The van der Waals surface area contributed by atoms with Crippen LogP contribution in [-0.2, 0) is 16.6 Å². The van der Waals surface area contributed by atoms with E-state index in [9.17, 15) is 32.2 Å². The van der Waals surface area contributed by atoms with E-state index in [1.165, 1.54) is 49.5 Å². The van der Waals surface area contributed by atoms with E-state index in [0.717, 1.165) is 27.1 Å². The van der Waals surface area contributed by atoms with Crippen LogP contribution in [0.2, 0.25) is 0 Å². The molecule has 0 aliphatic carbocycles. The van der Waals surface area contributed by atoms with E-state index in [-0.39, 0.29) is 23.6 Å². The van der Waals surface area contributed by atoms with E-state index >= 15 is 0 Å². The Balaban J connectivity index is 1.82. The summed E-state index contributed by atoms with van der Waals surface area (Å²) in [5, 5.41) is 26.7. The number of aromatic hydroxyl groups is 2. The quantitative estimate of drug-likeness (QED) is 0.383. The number of nitrogens with one attached hydrogen (secondary N) is 1. The van der Waals surface area contributed by atoms with Crippen molar-refractivity contribution in [3.8, 4) is 28.6 Å². The molecule has 0 bridgehead atoms. The number of sulfonamides is 1. The minimum Gasteiger partial charge on any atom is -0.507 e.